The van der Waals surface area contributed by atoms with Gasteiger partial charge in [-0.3, -0.25) is 10.1 Å². The first-order valence-corrected chi connectivity index (χ1v) is 8.96. The highest BCUT2D eigenvalue weighted by atomic mass is 32.2. The first-order chi connectivity index (χ1) is 10.3. The normalized spacial score (nSPS) is 23.8. The van der Waals surface area contributed by atoms with Crippen molar-refractivity contribution >= 4 is 11.8 Å². The minimum atomic E-state index is -0.390. The number of nitro groups is 1. The Balaban J connectivity index is 2.40. The van der Waals surface area contributed by atoms with Crippen LogP contribution < -0.4 is 0 Å². The van der Waals surface area contributed by atoms with E-state index in [0.717, 1.165) is 38.9 Å². The molecule has 1 aliphatic heterocycles. The third kappa shape index (κ3) is 6.14. The molecule has 0 saturated carbocycles. The minimum absolute atomic E-state index is 0.390. The van der Waals surface area contributed by atoms with Crippen LogP contribution in [0.3, 0.4) is 0 Å². The smallest absolute Gasteiger partial charge is 0.264 e. The summed E-state index contributed by atoms with van der Waals surface area (Å²) < 4.78 is 5.52. The van der Waals surface area contributed by atoms with Gasteiger partial charge >= 0.3 is 0 Å². The number of hydrogen-bond donors (Lipinski definition) is 0. The summed E-state index contributed by atoms with van der Waals surface area (Å²) in [4.78, 5) is 14.6. The van der Waals surface area contributed by atoms with E-state index in [0.29, 0.717) is 22.9 Å². The molecule has 0 aromatic rings. The number of nitrogens with zero attached hydrogens (tertiary/aromatic N) is 3. The van der Waals surface area contributed by atoms with E-state index in [1.54, 1.807) is 0 Å². The van der Waals surface area contributed by atoms with Crippen LogP contribution in [0.15, 0.2) is 11.2 Å². The maximum absolute atomic E-state index is 10.6. The lowest BCUT2D eigenvalue weighted by Crippen LogP contribution is -2.37. The minimum Gasteiger partial charge on any atom is -0.381 e. The fraction of sp³-hybridized carbons (Fsp3) is 0.867. The highest BCUT2D eigenvalue weighted by molar-refractivity contribution is 8.02. The Hall–Kier alpha value is -0.790. The zero-order chi connectivity index (χ0) is 16.7. The molecule has 0 aromatic heterocycles. The summed E-state index contributed by atoms with van der Waals surface area (Å²) in [5.74, 6) is 1.24. The van der Waals surface area contributed by atoms with Gasteiger partial charge in [0.2, 0.25) is 0 Å². The molecule has 7 heteroatoms. The molecule has 6 nitrogen and oxygen atoms in total. The van der Waals surface area contributed by atoms with Crippen LogP contribution in [0.4, 0.5) is 0 Å². The van der Waals surface area contributed by atoms with Gasteiger partial charge in [-0.05, 0) is 38.5 Å². The predicted molar refractivity (Wildman–Crippen MR) is 91.4 cm³/mol. The topological polar surface area (TPSA) is 58.9 Å². The molecule has 0 aromatic carbocycles. The van der Waals surface area contributed by atoms with Crippen LogP contribution >= 0.6 is 11.8 Å². The van der Waals surface area contributed by atoms with E-state index in [1.165, 1.54) is 11.8 Å². The van der Waals surface area contributed by atoms with Gasteiger partial charge in [-0.2, -0.15) is 0 Å². The number of hydrogen-bond acceptors (Lipinski definition) is 6. The first kappa shape index (κ1) is 19.3. The summed E-state index contributed by atoms with van der Waals surface area (Å²) in [6.07, 6.45) is 3.92. The molecule has 1 saturated heterocycles. The van der Waals surface area contributed by atoms with Crippen molar-refractivity contribution in [2.24, 2.45) is 11.8 Å². The number of rotatable bonds is 9. The van der Waals surface area contributed by atoms with Crippen molar-refractivity contribution in [2.75, 3.05) is 46.7 Å². The molecule has 0 N–H and O–H groups in total. The van der Waals surface area contributed by atoms with Crippen LogP contribution in [0.1, 0.15) is 20.3 Å². The molecule has 3 atom stereocenters. The molecule has 22 heavy (non-hydrogen) atoms. The van der Waals surface area contributed by atoms with Gasteiger partial charge in [0.05, 0.1) is 11.5 Å². The van der Waals surface area contributed by atoms with Gasteiger partial charge in [-0.1, -0.05) is 6.92 Å². The Morgan fingerprint density at radius 1 is 1.50 bits per heavy atom. The summed E-state index contributed by atoms with van der Waals surface area (Å²) in [6.45, 7) is 8.05. The van der Waals surface area contributed by atoms with Crippen molar-refractivity contribution in [3.8, 4) is 0 Å². The third-order valence-electron chi connectivity index (χ3n) is 4.48. The molecular weight excluding hydrogens is 302 g/mol. The molecular formula is C15H29N3O3S. The standard InChI is InChI=1S/C15H29N3O3S/c1-12-10-21-11-14(12)8-17(4)13(2)6-7-16(3)15(22-5)9-18(19)20/h9,12-14H,6-8,10-11H2,1-5H3. The van der Waals surface area contributed by atoms with Crippen LogP contribution in [0.5, 0.6) is 0 Å². The lowest BCUT2D eigenvalue weighted by molar-refractivity contribution is -0.403. The van der Waals surface area contributed by atoms with Crippen LogP contribution in [0.2, 0.25) is 0 Å². The van der Waals surface area contributed by atoms with Crippen LogP contribution in [0.25, 0.3) is 0 Å². The average molecular weight is 331 g/mol. The number of ether oxygens (including phenoxy) is 1. The quantitative estimate of drug-likeness (QED) is 0.477. The fourth-order valence-corrected chi connectivity index (χ4v) is 3.19. The molecule has 0 amide bonds. The van der Waals surface area contributed by atoms with Gasteiger partial charge in [0.25, 0.3) is 6.20 Å². The molecule has 128 valence electrons. The van der Waals surface area contributed by atoms with Gasteiger partial charge in [0, 0.05) is 32.8 Å². The molecule has 0 aliphatic carbocycles. The van der Waals surface area contributed by atoms with E-state index < -0.39 is 0 Å². The maximum Gasteiger partial charge on any atom is 0.264 e. The van der Waals surface area contributed by atoms with E-state index in [2.05, 4.69) is 25.8 Å². The van der Waals surface area contributed by atoms with Gasteiger partial charge in [-0.25, -0.2) is 0 Å². The monoisotopic (exact) mass is 331 g/mol. The van der Waals surface area contributed by atoms with Crippen molar-refractivity contribution < 1.29 is 9.66 Å². The van der Waals surface area contributed by atoms with Crippen molar-refractivity contribution in [3.05, 3.63) is 21.3 Å². The van der Waals surface area contributed by atoms with Crippen molar-refractivity contribution in [2.45, 2.75) is 26.3 Å². The van der Waals surface area contributed by atoms with Gasteiger partial charge in [0.1, 0.15) is 5.03 Å². The van der Waals surface area contributed by atoms with Crippen molar-refractivity contribution in [1.82, 2.24) is 9.80 Å². The highest BCUT2D eigenvalue weighted by Crippen LogP contribution is 2.22. The van der Waals surface area contributed by atoms with Crippen molar-refractivity contribution in [3.63, 3.8) is 0 Å². The third-order valence-corrected chi connectivity index (χ3v) is 5.31. The van der Waals surface area contributed by atoms with E-state index in [9.17, 15) is 10.1 Å². The second kappa shape index (κ2) is 9.37. The SMILES string of the molecule is CSC(=C[N+](=O)[O-])N(C)CCC(C)N(C)CC1COCC1C. The lowest BCUT2D eigenvalue weighted by atomic mass is 9.97. The van der Waals surface area contributed by atoms with Gasteiger partial charge in [-0.15, -0.1) is 11.8 Å². The largest absolute Gasteiger partial charge is 0.381 e. The summed E-state index contributed by atoms with van der Waals surface area (Å²) in [6, 6.07) is 0.439. The highest BCUT2D eigenvalue weighted by Gasteiger charge is 2.26. The molecule has 0 spiro atoms. The van der Waals surface area contributed by atoms with Gasteiger partial charge < -0.3 is 14.5 Å². The zero-order valence-corrected chi connectivity index (χ0v) is 15.1. The molecule has 3 unspecified atom stereocenters. The fourth-order valence-electron chi connectivity index (χ4n) is 2.60. The summed E-state index contributed by atoms with van der Waals surface area (Å²) in [5.41, 5.74) is 0. The molecule has 0 bridgehead atoms. The molecule has 0 radical (unpaired) electrons. The Labute approximate surface area is 138 Å². The van der Waals surface area contributed by atoms with E-state index >= 15 is 0 Å². The van der Waals surface area contributed by atoms with Crippen LogP contribution in [0, 0.1) is 22.0 Å². The van der Waals surface area contributed by atoms with Crippen molar-refractivity contribution in [1.29, 1.82) is 0 Å². The van der Waals surface area contributed by atoms with Crippen LogP contribution in [-0.2, 0) is 4.74 Å². The zero-order valence-electron chi connectivity index (χ0n) is 14.3. The first-order valence-electron chi connectivity index (χ1n) is 7.73. The Morgan fingerprint density at radius 2 is 2.18 bits per heavy atom. The second-order valence-electron chi connectivity index (χ2n) is 6.23. The molecule has 1 aliphatic rings. The van der Waals surface area contributed by atoms with Crippen LogP contribution in [-0.4, -0.2) is 67.4 Å². The maximum atomic E-state index is 10.6. The average Bonchev–Trinajstić information content (AvgIpc) is 2.86. The Kier molecular flexibility index (Phi) is 8.20. The molecule has 1 heterocycles. The Bertz CT molecular complexity index is 392. The predicted octanol–water partition coefficient (Wildman–Crippen LogP) is 2.35. The van der Waals surface area contributed by atoms with E-state index in [1.807, 2.05) is 18.2 Å². The second-order valence-corrected chi connectivity index (χ2v) is 7.06. The molecule has 1 fully saturated rings. The summed E-state index contributed by atoms with van der Waals surface area (Å²) in [5, 5.41) is 11.3. The molecule has 1 rings (SSSR count). The summed E-state index contributed by atoms with van der Waals surface area (Å²) in [7, 11) is 4.06. The lowest BCUT2D eigenvalue weighted by Gasteiger charge is -2.30. The Morgan fingerprint density at radius 3 is 2.68 bits per heavy atom. The summed E-state index contributed by atoms with van der Waals surface area (Å²) >= 11 is 1.41. The van der Waals surface area contributed by atoms with E-state index in [4.69, 9.17) is 4.74 Å². The number of thioether (sulfide) groups is 1. The van der Waals surface area contributed by atoms with E-state index in [-0.39, 0.29) is 4.92 Å². The van der Waals surface area contributed by atoms with Gasteiger partial charge in [0.15, 0.2) is 0 Å².